The third kappa shape index (κ3) is 6.43. The minimum atomic E-state index is -0.202. The van der Waals surface area contributed by atoms with E-state index in [0.29, 0.717) is 5.25 Å². The minimum Gasteiger partial charge on any atom is -0.383 e. The largest absolute Gasteiger partial charge is 0.383 e. The van der Waals surface area contributed by atoms with Gasteiger partial charge in [0.2, 0.25) is 0 Å². The topological polar surface area (TPSA) is 20.2 Å². The number of aliphatic hydroxyl groups is 1. The van der Waals surface area contributed by atoms with Crippen LogP contribution in [0.3, 0.4) is 0 Å². The Balaban J connectivity index is 3.16. The average molecular weight is 162 g/mol. The van der Waals surface area contributed by atoms with Crippen molar-refractivity contribution < 1.29 is 5.11 Å². The van der Waals surface area contributed by atoms with Crippen LogP contribution in [0.1, 0.15) is 40.0 Å². The normalized spacial score (nSPS) is 16.8. The van der Waals surface area contributed by atoms with Crippen molar-refractivity contribution in [1.29, 1.82) is 0 Å². The van der Waals surface area contributed by atoms with Gasteiger partial charge in [0.05, 0.1) is 5.44 Å². The zero-order chi connectivity index (χ0) is 7.98. The van der Waals surface area contributed by atoms with E-state index in [1.54, 1.807) is 11.8 Å². The number of aliphatic hydroxyl groups excluding tert-OH is 1. The van der Waals surface area contributed by atoms with E-state index in [-0.39, 0.29) is 5.44 Å². The number of unbranched alkanes of at least 4 members (excludes halogenated alkanes) is 1. The van der Waals surface area contributed by atoms with E-state index in [1.165, 1.54) is 19.3 Å². The average Bonchev–Trinajstić information content (AvgIpc) is 1.82. The first kappa shape index (κ1) is 10.3. The van der Waals surface area contributed by atoms with E-state index >= 15 is 0 Å². The fourth-order valence-corrected chi connectivity index (χ4v) is 1.87. The molecule has 2 atom stereocenters. The first-order chi connectivity index (χ1) is 4.66. The van der Waals surface area contributed by atoms with Gasteiger partial charge in [-0.25, -0.2) is 0 Å². The van der Waals surface area contributed by atoms with Crippen molar-refractivity contribution in [2.75, 3.05) is 0 Å². The van der Waals surface area contributed by atoms with Gasteiger partial charge in [-0.1, -0.05) is 26.7 Å². The predicted molar refractivity (Wildman–Crippen MR) is 48.3 cm³/mol. The van der Waals surface area contributed by atoms with Crippen LogP contribution in [-0.2, 0) is 0 Å². The van der Waals surface area contributed by atoms with Gasteiger partial charge in [0.1, 0.15) is 0 Å². The molecule has 0 saturated heterocycles. The summed E-state index contributed by atoms with van der Waals surface area (Å²) in [7, 11) is 0. The highest BCUT2D eigenvalue weighted by Crippen LogP contribution is 2.19. The fraction of sp³-hybridized carbons (Fsp3) is 1.00. The molecular formula is C8H18OS. The first-order valence-corrected chi connectivity index (χ1v) is 4.94. The Morgan fingerprint density at radius 2 is 2.00 bits per heavy atom. The Morgan fingerprint density at radius 3 is 2.40 bits per heavy atom. The first-order valence-electron chi connectivity index (χ1n) is 4.00. The van der Waals surface area contributed by atoms with Crippen molar-refractivity contribution in [1.82, 2.24) is 0 Å². The summed E-state index contributed by atoms with van der Waals surface area (Å²) in [5, 5.41) is 9.60. The molecule has 0 aromatic rings. The van der Waals surface area contributed by atoms with E-state index in [4.69, 9.17) is 5.11 Å². The predicted octanol–water partition coefficient (Wildman–Crippen LogP) is 2.64. The SMILES string of the molecule is CCCCC(C)SC(C)O. The maximum absolute atomic E-state index is 8.99. The monoisotopic (exact) mass is 162 g/mol. The molecule has 62 valence electrons. The van der Waals surface area contributed by atoms with Gasteiger partial charge >= 0.3 is 0 Å². The maximum Gasteiger partial charge on any atom is 0.0967 e. The van der Waals surface area contributed by atoms with Gasteiger partial charge in [-0.2, -0.15) is 0 Å². The summed E-state index contributed by atoms with van der Waals surface area (Å²) < 4.78 is 0. The smallest absolute Gasteiger partial charge is 0.0967 e. The molecule has 2 heteroatoms. The van der Waals surface area contributed by atoms with E-state index in [0.717, 1.165) is 0 Å². The molecule has 0 aromatic heterocycles. The van der Waals surface area contributed by atoms with Crippen LogP contribution in [-0.4, -0.2) is 15.8 Å². The molecule has 0 fully saturated rings. The number of hydrogen-bond acceptors (Lipinski definition) is 2. The van der Waals surface area contributed by atoms with Crippen LogP contribution in [0.4, 0.5) is 0 Å². The van der Waals surface area contributed by atoms with Crippen LogP contribution >= 0.6 is 11.8 Å². The van der Waals surface area contributed by atoms with Crippen LogP contribution in [0.5, 0.6) is 0 Å². The van der Waals surface area contributed by atoms with Crippen LogP contribution in [0.2, 0.25) is 0 Å². The molecule has 0 saturated carbocycles. The highest BCUT2D eigenvalue weighted by molar-refractivity contribution is 8.00. The molecule has 10 heavy (non-hydrogen) atoms. The van der Waals surface area contributed by atoms with Crippen molar-refractivity contribution in [3.05, 3.63) is 0 Å². The number of hydrogen-bond donors (Lipinski definition) is 1. The molecule has 0 spiro atoms. The van der Waals surface area contributed by atoms with Gasteiger partial charge in [0.25, 0.3) is 0 Å². The highest BCUT2D eigenvalue weighted by atomic mass is 32.2. The number of thioether (sulfide) groups is 1. The molecule has 1 N–H and O–H groups in total. The van der Waals surface area contributed by atoms with Crippen LogP contribution in [0, 0.1) is 0 Å². The Kier molecular flexibility index (Phi) is 6.24. The van der Waals surface area contributed by atoms with E-state index in [2.05, 4.69) is 13.8 Å². The number of rotatable bonds is 5. The van der Waals surface area contributed by atoms with Crippen LogP contribution < -0.4 is 0 Å². The molecule has 0 bridgehead atoms. The van der Waals surface area contributed by atoms with Crippen molar-refractivity contribution in [3.63, 3.8) is 0 Å². The zero-order valence-electron chi connectivity index (χ0n) is 7.13. The van der Waals surface area contributed by atoms with Crippen molar-refractivity contribution in [2.24, 2.45) is 0 Å². The lowest BCUT2D eigenvalue weighted by atomic mass is 10.2. The molecule has 0 aliphatic heterocycles. The summed E-state index contributed by atoms with van der Waals surface area (Å²) in [5.41, 5.74) is -0.202. The molecule has 2 unspecified atom stereocenters. The van der Waals surface area contributed by atoms with Gasteiger partial charge in [-0.3, -0.25) is 0 Å². The van der Waals surface area contributed by atoms with E-state index in [1.807, 2.05) is 6.92 Å². The molecular weight excluding hydrogens is 144 g/mol. The Labute approximate surface area is 68.2 Å². The molecule has 0 aliphatic carbocycles. The van der Waals surface area contributed by atoms with Crippen LogP contribution in [0.15, 0.2) is 0 Å². The van der Waals surface area contributed by atoms with Crippen molar-refractivity contribution in [3.8, 4) is 0 Å². The maximum atomic E-state index is 8.99. The summed E-state index contributed by atoms with van der Waals surface area (Å²) in [6, 6.07) is 0. The molecule has 0 heterocycles. The van der Waals surface area contributed by atoms with Crippen molar-refractivity contribution >= 4 is 11.8 Å². The quantitative estimate of drug-likeness (QED) is 0.627. The Morgan fingerprint density at radius 1 is 1.40 bits per heavy atom. The van der Waals surface area contributed by atoms with E-state index in [9.17, 15) is 0 Å². The van der Waals surface area contributed by atoms with Gasteiger partial charge in [0, 0.05) is 5.25 Å². The van der Waals surface area contributed by atoms with E-state index < -0.39 is 0 Å². The Hall–Kier alpha value is 0.310. The summed E-state index contributed by atoms with van der Waals surface area (Å²) >= 11 is 1.65. The highest BCUT2D eigenvalue weighted by Gasteiger charge is 2.04. The minimum absolute atomic E-state index is 0.202. The summed E-state index contributed by atoms with van der Waals surface area (Å²) in [6.07, 6.45) is 3.76. The second-order valence-electron chi connectivity index (χ2n) is 2.69. The lowest BCUT2D eigenvalue weighted by Gasteiger charge is -2.11. The molecule has 0 amide bonds. The zero-order valence-corrected chi connectivity index (χ0v) is 7.95. The lowest BCUT2D eigenvalue weighted by Crippen LogP contribution is -2.03. The molecule has 0 radical (unpaired) electrons. The Bertz CT molecular complexity index is 73.7. The molecule has 1 nitrogen and oxygen atoms in total. The van der Waals surface area contributed by atoms with Crippen LogP contribution in [0.25, 0.3) is 0 Å². The molecule has 0 aliphatic rings. The summed E-state index contributed by atoms with van der Waals surface area (Å²) in [6.45, 7) is 6.19. The summed E-state index contributed by atoms with van der Waals surface area (Å²) in [5.74, 6) is 0. The van der Waals surface area contributed by atoms with Gasteiger partial charge < -0.3 is 5.11 Å². The standard InChI is InChI=1S/C8H18OS/c1-4-5-6-7(2)10-8(3)9/h7-9H,4-6H2,1-3H3. The third-order valence-electron chi connectivity index (χ3n) is 1.39. The fourth-order valence-electron chi connectivity index (χ4n) is 0.896. The molecule has 0 aromatic carbocycles. The lowest BCUT2D eigenvalue weighted by molar-refractivity contribution is 0.283. The summed E-state index contributed by atoms with van der Waals surface area (Å²) in [4.78, 5) is 0. The molecule has 0 rings (SSSR count). The van der Waals surface area contributed by atoms with Gasteiger partial charge in [-0.05, 0) is 13.3 Å². The second-order valence-corrected chi connectivity index (χ2v) is 4.45. The third-order valence-corrected chi connectivity index (χ3v) is 2.49. The van der Waals surface area contributed by atoms with Crippen molar-refractivity contribution in [2.45, 2.75) is 50.7 Å². The second kappa shape index (κ2) is 6.05. The van der Waals surface area contributed by atoms with Gasteiger partial charge in [-0.15, -0.1) is 11.8 Å². The van der Waals surface area contributed by atoms with Gasteiger partial charge in [0.15, 0.2) is 0 Å².